The van der Waals surface area contributed by atoms with Gasteiger partial charge in [0.05, 0.1) is 11.1 Å². The van der Waals surface area contributed by atoms with Crippen LogP contribution < -0.4 is 15.7 Å². The van der Waals surface area contributed by atoms with E-state index in [9.17, 15) is 35.9 Å². The van der Waals surface area contributed by atoms with E-state index in [1.165, 1.54) is 11.5 Å². The number of aryl methyl sites for hydroxylation is 2. The Bertz CT molecular complexity index is 1440. The number of halogens is 7. The van der Waals surface area contributed by atoms with Gasteiger partial charge in [-0.05, 0) is 50.5 Å². The number of amides is 1. The number of fused-ring (bicyclic) bond motifs is 1. The smallest absolute Gasteiger partial charge is 0.425 e. The van der Waals surface area contributed by atoms with E-state index in [1.54, 1.807) is 0 Å². The Balaban J connectivity index is 1.79. The van der Waals surface area contributed by atoms with Crippen LogP contribution in [0, 0.1) is 12.7 Å². The molecule has 0 saturated carbocycles. The fourth-order valence-corrected chi connectivity index (χ4v) is 3.92. The van der Waals surface area contributed by atoms with E-state index in [0.29, 0.717) is 48.9 Å². The number of hydrogen-bond acceptors (Lipinski definition) is 4. The predicted octanol–water partition coefficient (Wildman–Crippen LogP) is 5.42. The monoisotopic (exact) mass is 546 g/mol. The van der Waals surface area contributed by atoms with Gasteiger partial charge >= 0.3 is 18.0 Å². The first-order valence-electron chi connectivity index (χ1n) is 11.4. The Morgan fingerprint density at radius 3 is 2.45 bits per heavy atom. The molecule has 2 aromatic carbocycles. The molecule has 0 aliphatic carbocycles. The van der Waals surface area contributed by atoms with E-state index >= 15 is 4.39 Å². The average Bonchev–Trinajstić information content (AvgIpc) is 3.16. The van der Waals surface area contributed by atoms with Crippen molar-refractivity contribution >= 4 is 11.6 Å². The number of nitrogens with zero attached hydrogens (tertiary/aromatic N) is 3. The normalized spacial score (nSPS) is 14.7. The van der Waals surface area contributed by atoms with Crippen molar-refractivity contribution in [3.63, 3.8) is 0 Å². The van der Waals surface area contributed by atoms with Crippen molar-refractivity contribution in [1.82, 2.24) is 14.3 Å². The number of hydrogen-bond donors (Lipinski definition) is 1. The zero-order chi connectivity index (χ0) is 28.0. The van der Waals surface area contributed by atoms with Crippen molar-refractivity contribution in [3.8, 4) is 11.4 Å². The van der Waals surface area contributed by atoms with Crippen LogP contribution in [-0.2, 0) is 19.1 Å². The minimum absolute atomic E-state index is 0.213. The van der Waals surface area contributed by atoms with Crippen LogP contribution in [0.15, 0.2) is 35.1 Å². The van der Waals surface area contributed by atoms with Crippen LogP contribution in [0.5, 0.6) is 5.75 Å². The SMILES string of the molecule is Cc1ccc(C(F)(F)F)cc1NC(=O)c1cc(F)c(-n2nc3n(c2=O)CCCC3)cc1O[C@@H](C)C(F)(F)F. The van der Waals surface area contributed by atoms with Crippen LogP contribution in [0.4, 0.5) is 36.4 Å². The third-order valence-electron chi connectivity index (χ3n) is 6.07. The summed E-state index contributed by atoms with van der Waals surface area (Å²) < 4.78 is 101. The molecule has 0 spiro atoms. The standard InChI is InChI=1S/C24H21F7N4O3/c1-12-6-7-14(24(29,30)31)9-17(12)32-21(36)15-10-16(25)18(11-19(15)38-13(2)23(26,27)28)35-22(37)34-8-4-3-5-20(34)33-35/h6-7,9-11,13H,3-5,8H2,1-2H3,(H,32,36)/t13-/m0/s1. The number of carbonyl (C=O) groups excluding carboxylic acids is 1. The van der Waals surface area contributed by atoms with Gasteiger partial charge < -0.3 is 10.1 Å². The Morgan fingerprint density at radius 1 is 1.11 bits per heavy atom. The van der Waals surface area contributed by atoms with Crippen LogP contribution in [0.25, 0.3) is 5.69 Å². The largest absolute Gasteiger partial charge is 0.480 e. The molecule has 0 fully saturated rings. The number of benzene rings is 2. The highest BCUT2D eigenvalue weighted by Gasteiger charge is 2.39. The van der Waals surface area contributed by atoms with Gasteiger partial charge in [0.2, 0.25) is 0 Å². The summed E-state index contributed by atoms with van der Waals surface area (Å²) in [6, 6.07) is 3.83. The van der Waals surface area contributed by atoms with Crippen LogP contribution in [0.1, 0.15) is 47.1 Å². The fourth-order valence-electron chi connectivity index (χ4n) is 3.92. The zero-order valence-corrected chi connectivity index (χ0v) is 20.0. The van der Waals surface area contributed by atoms with Crippen molar-refractivity contribution in [1.29, 1.82) is 0 Å². The van der Waals surface area contributed by atoms with Crippen LogP contribution in [0.3, 0.4) is 0 Å². The van der Waals surface area contributed by atoms with E-state index in [0.717, 1.165) is 24.6 Å². The van der Waals surface area contributed by atoms with E-state index < -0.39 is 58.4 Å². The Morgan fingerprint density at radius 2 is 1.82 bits per heavy atom. The maximum absolute atomic E-state index is 15.2. The van der Waals surface area contributed by atoms with Gasteiger partial charge in [0.1, 0.15) is 23.1 Å². The number of aromatic nitrogens is 3. The highest BCUT2D eigenvalue weighted by molar-refractivity contribution is 6.06. The Kier molecular flexibility index (Phi) is 7.01. The molecular weight excluding hydrogens is 525 g/mol. The number of ether oxygens (including phenoxy) is 1. The lowest BCUT2D eigenvalue weighted by atomic mass is 10.1. The maximum Gasteiger partial charge on any atom is 0.425 e. The van der Waals surface area contributed by atoms with E-state index in [4.69, 9.17) is 4.74 Å². The summed E-state index contributed by atoms with van der Waals surface area (Å²) in [5.74, 6) is -2.78. The number of alkyl halides is 6. The second kappa shape index (κ2) is 9.80. The van der Waals surface area contributed by atoms with Crippen LogP contribution >= 0.6 is 0 Å². The molecule has 0 bridgehead atoms. The lowest BCUT2D eigenvalue weighted by Crippen LogP contribution is -2.32. The minimum atomic E-state index is -4.87. The molecule has 7 nitrogen and oxygen atoms in total. The van der Waals surface area contributed by atoms with Crippen molar-refractivity contribution in [2.24, 2.45) is 0 Å². The quantitative estimate of drug-likeness (QED) is 0.434. The lowest BCUT2D eigenvalue weighted by molar-refractivity contribution is -0.189. The molecule has 38 heavy (non-hydrogen) atoms. The topological polar surface area (TPSA) is 78.2 Å². The summed E-state index contributed by atoms with van der Waals surface area (Å²) in [6.07, 6.45) is -10.2. The molecule has 1 atom stereocenters. The molecule has 1 aliphatic heterocycles. The zero-order valence-electron chi connectivity index (χ0n) is 20.0. The minimum Gasteiger partial charge on any atom is -0.480 e. The molecule has 1 amide bonds. The first-order valence-corrected chi connectivity index (χ1v) is 11.4. The highest BCUT2D eigenvalue weighted by Crippen LogP contribution is 2.34. The maximum atomic E-state index is 15.2. The van der Waals surface area contributed by atoms with Gasteiger partial charge in [0.15, 0.2) is 6.10 Å². The van der Waals surface area contributed by atoms with E-state index in [1.807, 2.05) is 0 Å². The molecule has 3 aromatic rings. The summed E-state index contributed by atoms with van der Waals surface area (Å²) in [5, 5.41) is 6.25. The molecular formula is C24H21F7N4O3. The van der Waals surface area contributed by atoms with Gasteiger partial charge in [-0.25, -0.2) is 9.18 Å². The Labute approximate surface area is 210 Å². The van der Waals surface area contributed by atoms with E-state index in [-0.39, 0.29) is 11.3 Å². The summed E-state index contributed by atoms with van der Waals surface area (Å²) in [7, 11) is 0. The molecule has 1 N–H and O–H groups in total. The predicted molar refractivity (Wildman–Crippen MR) is 121 cm³/mol. The van der Waals surface area contributed by atoms with Gasteiger partial charge in [-0.2, -0.15) is 31.0 Å². The molecule has 0 saturated heterocycles. The third kappa shape index (κ3) is 5.38. The van der Waals surface area contributed by atoms with Crippen LogP contribution in [-0.4, -0.2) is 32.5 Å². The molecule has 14 heteroatoms. The Hall–Kier alpha value is -3.84. The highest BCUT2D eigenvalue weighted by atomic mass is 19.4. The van der Waals surface area contributed by atoms with Gasteiger partial charge in [0.25, 0.3) is 5.91 Å². The van der Waals surface area contributed by atoms with Crippen molar-refractivity contribution < 1.29 is 40.3 Å². The van der Waals surface area contributed by atoms with Crippen molar-refractivity contribution in [2.75, 3.05) is 5.32 Å². The van der Waals surface area contributed by atoms with Crippen LogP contribution in [0.2, 0.25) is 0 Å². The van der Waals surface area contributed by atoms with Gasteiger partial charge in [0, 0.05) is 24.7 Å². The van der Waals surface area contributed by atoms with Gasteiger partial charge in [-0.15, -0.1) is 5.10 Å². The van der Waals surface area contributed by atoms with E-state index in [2.05, 4.69) is 10.4 Å². The van der Waals surface area contributed by atoms with Crippen molar-refractivity contribution in [2.45, 2.75) is 58.1 Å². The van der Waals surface area contributed by atoms with Crippen molar-refractivity contribution in [3.05, 3.63) is 69.1 Å². The summed E-state index contributed by atoms with van der Waals surface area (Å²) in [5.41, 5.74) is -3.15. The van der Waals surface area contributed by atoms with Gasteiger partial charge in [-0.3, -0.25) is 9.36 Å². The number of nitrogens with one attached hydrogen (secondary N) is 1. The molecule has 0 unspecified atom stereocenters. The number of anilines is 1. The van der Waals surface area contributed by atoms with Gasteiger partial charge in [-0.1, -0.05) is 6.07 Å². The molecule has 2 heterocycles. The molecule has 1 aliphatic rings. The fraction of sp³-hybridized carbons (Fsp3) is 0.375. The first-order chi connectivity index (χ1) is 17.7. The first kappa shape index (κ1) is 27.2. The summed E-state index contributed by atoms with van der Waals surface area (Å²) in [6.45, 7) is 2.39. The summed E-state index contributed by atoms with van der Waals surface area (Å²) >= 11 is 0. The third-order valence-corrected chi connectivity index (χ3v) is 6.07. The number of rotatable bonds is 5. The second-order valence-electron chi connectivity index (χ2n) is 8.80. The molecule has 0 radical (unpaired) electrons. The second-order valence-corrected chi connectivity index (χ2v) is 8.80. The molecule has 204 valence electrons. The average molecular weight is 546 g/mol. The summed E-state index contributed by atoms with van der Waals surface area (Å²) in [4.78, 5) is 25.8. The lowest BCUT2D eigenvalue weighted by Gasteiger charge is -2.21. The molecule has 1 aromatic heterocycles. The number of carbonyl (C=O) groups is 1. The molecule has 4 rings (SSSR count).